The smallest absolute Gasteiger partial charge is 0.254 e. The van der Waals surface area contributed by atoms with Gasteiger partial charge in [0.15, 0.2) is 0 Å². The maximum absolute atomic E-state index is 11.6. The molecule has 1 heterocycles. The Morgan fingerprint density at radius 2 is 2.25 bits per heavy atom. The van der Waals surface area contributed by atoms with E-state index in [-0.39, 0.29) is 16.2 Å². The third kappa shape index (κ3) is 3.73. The van der Waals surface area contributed by atoms with Crippen LogP contribution in [0.25, 0.3) is 0 Å². The van der Waals surface area contributed by atoms with E-state index in [0.717, 1.165) is 0 Å². The molecule has 5 heteroatoms. The number of rotatable bonds is 3. The molecular formula is C11H10Cl2N2O. The van der Waals surface area contributed by atoms with Crippen molar-refractivity contribution in [2.75, 3.05) is 6.54 Å². The molecule has 0 aliphatic heterocycles. The van der Waals surface area contributed by atoms with Gasteiger partial charge in [0.25, 0.3) is 5.91 Å². The molecule has 16 heavy (non-hydrogen) atoms. The van der Waals surface area contributed by atoms with Gasteiger partial charge >= 0.3 is 0 Å². The van der Waals surface area contributed by atoms with E-state index in [0.29, 0.717) is 18.5 Å². The summed E-state index contributed by atoms with van der Waals surface area (Å²) in [5.74, 6) is 5.32. The van der Waals surface area contributed by atoms with Gasteiger partial charge in [-0.1, -0.05) is 23.2 Å². The van der Waals surface area contributed by atoms with E-state index in [1.807, 2.05) is 0 Å². The number of pyridine rings is 1. The van der Waals surface area contributed by atoms with E-state index >= 15 is 0 Å². The summed E-state index contributed by atoms with van der Waals surface area (Å²) in [5, 5.41) is 3.05. The summed E-state index contributed by atoms with van der Waals surface area (Å²) in [7, 11) is 0. The molecule has 1 rings (SSSR count). The van der Waals surface area contributed by atoms with Gasteiger partial charge in [0, 0.05) is 13.0 Å². The third-order valence-electron chi connectivity index (χ3n) is 1.77. The average Bonchev–Trinajstić information content (AvgIpc) is 2.24. The molecule has 1 amide bonds. The molecule has 0 fully saturated rings. The second kappa shape index (κ2) is 6.37. The van der Waals surface area contributed by atoms with Crippen LogP contribution >= 0.6 is 23.2 Å². The zero-order valence-corrected chi connectivity index (χ0v) is 10.2. The summed E-state index contributed by atoms with van der Waals surface area (Å²) < 4.78 is 0. The second-order valence-electron chi connectivity index (χ2n) is 2.91. The second-order valence-corrected chi connectivity index (χ2v) is 3.65. The van der Waals surface area contributed by atoms with Gasteiger partial charge in [-0.05, 0) is 19.1 Å². The van der Waals surface area contributed by atoms with Crippen LogP contribution in [0.1, 0.15) is 23.7 Å². The molecule has 0 aliphatic carbocycles. The molecule has 1 aromatic rings. The van der Waals surface area contributed by atoms with Gasteiger partial charge < -0.3 is 5.32 Å². The fraction of sp³-hybridized carbons (Fsp3) is 0.273. The van der Waals surface area contributed by atoms with Gasteiger partial charge in [0.2, 0.25) is 0 Å². The summed E-state index contributed by atoms with van der Waals surface area (Å²) in [6, 6.07) is 3.06. The highest BCUT2D eigenvalue weighted by molar-refractivity contribution is 6.34. The summed E-state index contributed by atoms with van der Waals surface area (Å²) >= 11 is 11.4. The Balaban J connectivity index is 2.61. The van der Waals surface area contributed by atoms with Gasteiger partial charge in [-0.3, -0.25) is 4.79 Å². The van der Waals surface area contributed by atoms with Crippen molar-refractivity contribution in [1.29, 1.82) is 0 Å². The van der Waals surface area contributed by atoms with Crippen molar-refractivity contribution in [3.8, 4) is 11.8 Å². The van der Waals surface area contributed by atoms with E-state index in [9.17, 15) is 4.79 Å². The summed E-state index contributed by atoms with van der Waals surface area (Å²) in [6.07, 6.45) is 0.612. The predicted octanol–water partition coefficient (Wildman–Crippen LogP) is 2.53. The van der Waals surface area contributed by atoms with Gasteiger partial charge in [0.05, 0.1) is 5.56 Å². The zero-order chi connectivity index (χ0) is 12.0. The first-order valence-electron chi connectivity index (χ1n) is 4.65. The molecule has 0 radical (unpaired) electrons. The van der Waals surface area contributed by atoms with Crippen LogP contribution in [0.15, 0.2) is 12.1 Å². The van der Waals surface area contributed by atoms with E-state index < -0.39 is 0 Å². The molecule has 0 aliphatic rings. The molecule has 1 N–H and O–H groups in total. The normalized spacial score (nSPS) is 9.19. The number of carbonyl (C=O) groups excluding carboxylic acids is 1. The third-order valence-corrected chi connectivity index (χ3v) is 2.27. The summed E-state index contributed by atoms with van der Waals surface area (Å²) in [6.45, 7) is 2.24. The van der Waals surface area contributed by atoms with Crippen molar-refractivity contribution in [2.45, 2.75) is 13.3 Å². The van der Waals surface area contributed by atoms with E-state index in [2.05, 4.69) is 22.1 Å². The average molecular weight is 257 g/mol. The van der Waals surface area contributed by atoms with Crippen molar-refractivity contribution in [2.24, 2.45) is 0 Å². The molecule has 0 saturated carbocycles. The first-order chi connectivity index (χ1) is 7.65. The fourth-order valence-electron chi connectivity index (χ4n) is 1.04. The lowest BCUT2D eigenvalue weighted by atomic mass is 10.2. The lowest BCUT2D eigenvalue weighted by molar-refractivity contribution is 0.0954. The van der Waals surface area contributed by atoms with E-state index in [1.54, 1.807) is 13.0 Å². The molecule has 0 saturated heterocycles. The zero-order valence-electron chi connectivity index (χ0n) is 8.68. The number of amides is 1. The van der Waals surface area contributed by atoms with Gasteiger partial charge in [-0.2, -0.15) is 0 Å². The first kappa shape index (κ1) is 12.8. The van der Waals surface area contributed by atoms with Crippen LogP contribution < -0.4 is 5.32 Å². The maximum atomic E-state index is 11.6. The molecule has 0 spiro atoms. The number of halogens is 2. The fourth-order valence-corrected chi connectivity index (χ4v) is 1.47. The van der Waals surface area contributed by atoms with Crippen LogP contribution in [0, 0.1) is 11.8 Å². The predicted molar refractivity (Wildman–Crippen MR) is 64.7 cm³/mol. The Morgan fingerprint density at radius 1 is 1.50 bits per heavy atom. The number of nitrogens with zero attached hydrogens (tertiary/aromatic N) is 1. The van der Waals surface area contributed by atoms with Crippen LogP contribution in [-0.2, 0) is 0 Å². The molecule has 84 valence electrons. The largest absolute Gasteiger partial charge is 0.351 e. The molecule has 1 aromatic heterocycles. The first-order valence-corrected chi connectivity index (χ1v) is 5.40. The highest BCUT2D eigenvalue weighted by Crippen LogP contribution is 2.16. The standard InChI is InChI=1S/C11H10Cl2N2O/c1-2-3-4-7-14-11(16)8-5-6-9(12)15-10(8)13/h5-6H,4,7H2,1H3,(H,14,16). The lowest BCUT2D eigenvalue weighted by Gasteiger charge is -2.04. The Morgan fingerprint density at radius 3 is 2.88 bits per heavy atom. The Hall–Kier alpha value is -1.24. The van der Waals surface area contributed by atoms with Gasteiger partial charge in [0.1, 0.15) is 10.3 Å². The van der Waals surface area contributed by atoms with Gasteiger partial charge in [-0.15, -0.1) is 11.8 Å². The van der Waals surface area contributed by atoms with Crippen LogP contribution in [0.3, 0.4) is 0 Å². The van der Waals surface area contributed by atoms with Crippen LogP contribution in [-0.4, -0.2) is 17.4 Å². The molecule has 0 bridgehead atoms. The monoisotopic (exact) mass is 256 g/mol. The minimum absolute atomic E-state index is 0.103. The summed E-state index contributed by atoms with van der Waals surface area (Å²) in [5.41, 5.74) is 0.315. The quantitative estimate of drug-likeness (QED) is 0.513. The highest BCUT2D eigenvalue weighted by atomic mass is 35.5. The minimum atomic E-state index is -0.271. The topological polar surface area (TPSA) is 42.0 Å². The molecule has 0 unspecified atom stereocenters. The van der Waals surface area contributed by atoms with E-state index in [1.165, 1.54) is 6.07 Å². The van der Waals surface area contributed by atoms with Crippen molar-refractivity contribution in [3.63, 3.8) is 0 Å². The van der Waals surface area contributed by atoms with Crippen molar-refractivity contribution < 1.29 is 4.79 Å². The van der Waals surface area contributed by atoms with Crippen molar-refractivity contribution in [1.82, 2.24) is 10.3 Å². The van der Waals surface area contributed by atoms with Crippen LogP contribution in [0.5, 0.6) is 0 Å². The Bertz CT molecular complexity index is 449. The van der Waals surface area contributed by atoms with Crippen molar-refractivity contribution >= 4 is 29.1 Å². The minimum Gasteiger partial charge on any atom is -0.351 e. The maximum Gasteiger partial charge on any atom is 0.254 e. The molecule has 3 nitrogen and oxygen atoms in total. The van der Waals surface area contributed by atoms with Crippen molar-refractivity contribution in [3.05, 3.63) is 28.0 Å². The van der Waals surface area contributed by atoms with Crippen LogP contribution in [0.2, 0.25) is 10.3 Å². The highest BCUT2D eigenvalue weighted by Gasteiger charge is 2.10. The lowest BCUT2D eigenvalue weighted by Crippen LogP contribution is -2.24. The van der Waals surface area contributed by atoms with Crippen LogP contribution in [0.4, 0.5) is 0 Å². The number of carbonyl (C=O) groups is 1. The number of hydrogen-bond acceptors (Lipinski definition) is 2. The van der Waals surface area contributed by atoms with Gasteiger partial charge in [-0.25, -0.2) is 4.98 Å². The molecule has 0 aromatic carbocycles. The SMILES string of the molecule is CC#CCCNC(=O)c1ccc(Cl)nc1Cl. The number of hydrogen-bond donors (Lipinski definition) is 1. The Labute approximate surface area is 104 Å². The Kier molecular flexibility index (Phi) is 5.10. The number of aromatic nitrogens is 1. The number of nitrogens with one attached hydrogen (secondary N) is 1. The molecule has 0 atom stereocenters. The summed E-state index contributed by atoms with van der Waals surface area (Å²) in [4.78, 5) is 15.4. The molecular weight excluding hydrogens is 247 g/mol. The van der Waals surface area contributed by atoms with E-state index in [4.69, 9.17) is 23.2 Å².